The second kappa shape index (κ2) is 7.66. The highest BCUT2D eigenvalue weighted by Crippen LogP contribution is 2.26. The van der Waals surface area contributed by atoms with E-state index >= 15 is 0 Å². The van der Waals surface area contributed by atoms with Crippen molar-refractivity contribution in [1.29, 1.82) is 0 Å². The number of nitrogens with zero attached hydrogens (tertiary/aromatic N) is 2. The molecule has 0 radical (unpaired) electrons. The average Bonchev–Trinajstić information content (AvgIpc) is 3.40. The van der Waals surface area contributed by atoms with E-state index in [1.165, 1.54) is 16.9 Å². The summed E-state index contributed by atoms with van der Waals surface area (Å²) in [7, 11) is 0. The monoisotopic (exact) mass is 430 g/mol. The third-order valence-electron chi connectivity index (χ3n) is 5.03. The molecule has 0 aliphatic rings. The summed E-state index contributed by atoms with van der Waals surface area (Å²) in [6, 6.07) is 19.3. The van der Waals surface area contributed by atoms with Crippen LogP contribution in [-0.2, 0) is 0 Å². The van der Waals surface area contributed by atoms with Crippen molar-refractivity contribution in [3.63, 3.8) is 0 Å². The number of H-pyrrole nitrogens is 1. The number of para-hydroxylation sites is 1. The Morgan fingerprint density at radius 3 is 2.44 bits per heavy atom. The zero-order valence-electron chi connectivity index (χ0n) is 16.5. The van der Waals surface area contributed by atoms with E-state index in [2.05, 4.69) is 10.1 Å². The Kier molecular flexibility index (Phi) is 4.67. The van der Waals surface area contributed by atoms with E-state index in [9.17, 15) is 13.6 Å². The highest BCUT2D eigenvalue weighted by Gasteiger charge is 2.19. The molecule has 0 spiro atoms. The molecule has 0 saturated heterocycles. The number of nitrogens with two attached hydrogens (primary N) is 1. The molecule has 2 aromatic heterocycles. The second-order valence-corrected chi connectivity index (χ2v) is 7.13. The Labute approximate surface area is 180 Å². The molecule has 0 atom stereocenters. The molecule has 0 fully saturated rings. The molecule has 2 heterocycles. The maximum absolute atomic E-state index is 13.4. The summed E-state index contributed by atoms with van der Waals surface area (Å²) in [5, 5.41) is 5.18. The first-order valence-electron chi connectivity index (χ1n) is 9.69. The number of carbonyl (C=O) groups excluding carboxylic acids is 1. The summed E-state index contributed by atoms with van der Waals surface area (Å²) in [6.45, 7) is 0. The van der Waals surface area contributed by atoms with Crippen LogP contribution >= 0.6 is 0 Å². The highest BCUT2D eigenvalue weighted by molar-refractivity contribution is 6.12. The number of hydrogen-bond donors (Lipinski definition) is 2. The number of hydrogen-bond acceptors (Lipinski definition) is 4. The number of nitrogen functional groups attached to an aromatic ring is 1. The van der Waals surface area contributed by atoms with Crippen LogP contribution in [0, 0.1) is 11.6 Å². The van der Waals surface area contributed by atoms with Gasteiger partial charge in [-0.3, -0.25) is 4.79 Å². The first-order chi connectivity index (χ1) is 15.5. The van der Waals surface area contributed by atoms with Gasteiger partial charge in [-0.05, 0) is 48.5 Å². The molecule has 0 bridgehead atoms. The number of halogens is 2. The van der Waals surface area contributed by atoms with Gasteiger partial charge in [-0.2, -0.15) is 5.10 Å². The predicted molar refractivity (Wildman–Crippen MR) is 116 cm³/mol. The van der Waals surface area contributed by atoms with Gasteiger partial charge in [0.25, 0.3) is 0 Å². The van der Waals surface area contributed by atoms with Crippen LogP contribution in [-0.4, -0.2) is 20.5 Å². The zero-order valence-corrected chi connectivity index (χ0v) is 16.5. The predicted octanol–water partition coefficient (Wildman–Crippen LogP) is 5.24. The standard InChI is InChI=1S/C24H16F2N4O2/c25-19-10-9-17(12-20(19)26)32-16-7-5-15(6-8-16)30-24(27)18(13-28-30)23(31)22-11-14-3-1-2-4-21(14)29-22/h1-13,29H,27H2. The topological polar surface area (TPSA) is 85.9 Å². The van der Waals surface area contributed by atoms with Crippen molar-refractivity contribution in [2.45, 2.75) is 0 Å². The minimum Gasteiger partial charge on any atom is -0.457 e. The van der Waals surface area contributed by atoms with Crippen LogP contribution in [0.15, 0.2) is 79.0 Å². The Hall–Kier alpha value is -4.46. The number of ether oxygens (including phenoxy) is 1. The van der Waals surface area contributed by atoms with Crippen LogP contribution < -0.4 is 10.5 Å². The van der Waals surface area contributed by atoms with Gasteiger partial charge in [0, 0.05) is 17.0 Å². The van der Waals surface area contributed by atoms with E-state index in [0.717, 1.165) is 23.0 Å². The SMILES string of the molecule is Nc1c(C(=O)c2cc3ccccc3[nH]2)cnn1-c1ccc(Oc2ccc(F)c(F)c2)cc1. The van der Waals surface area contributed by atoms with E-state index in [-0.39, 0.29) is 22.9 Å². The van der Waals surface area contributed by atoms with Gasteiger partial charge in [-0.25, -0.2) is 13.5 Å². The van der Waals surface area contributed by atoms with Crippen molar-refractivity contribution in [3.05, 3.63) is 102 Å². The van der Waals surface area contributed by atoms with Crippen LogP contribution in [0.1, 0.15) is 16.1 Å². The van der Waals surface area contributed by atoms with E-state index in [4.69, 9.17) is 10.5 Å². The first kappa shape index (κ1) is 19.5. The number of fused-ring (bicyclic) bond motifs is 1. The van der Waals surface area contributed by atoms with Crippen molar-refractivity contribution >= 4 is 22.5 Å². The second-order valence-electron chi connectivity index (χ2n) is 7.13. The highest BCUT2D eigenvalue weighted by atomic mass is 19.2. The number of aromatic amines is 1. The van der Waals surface area contributed by atoms with Crippen LogP contribution in [0.25, 0.3) is 16.6 Å². The van der Waals surface area contributed by atoms with Gasteiger partial charge in [0.1, 0.15) is 17.3 Å². The van der Waals surface area contributed by atoms with Gasteiger partial charge >= 0.3 is 0 Å². The molecule has 6 nitrogen and oxygen atoms in total. The third kappa shape index (κ3) is 3.47. The largest absolute Gasteiger partial charge is 0.457 e. The normalized spacial score (nSPS) is 11.1. The quantitative estimate of drug-likeness (QED) is 0.374. The summed E-state index contributed by atoms with van der Waals surface area (Å²) in [5.74, 6) is -1.41. The fourth-order valence-electron chi connectivity index (χ4n) is 3.41. The Balaban J connectivity index is 1.38. The van der Waals surface area contributed by atoms with Crippen molar-refractivity contribution in [3.8, 4) is 17.2 Å². The molecular formula is C24H16F2N4O2. The average molecular weight is 430 g/mol. The van der Waals surface area contributed by atoms with E-state index in [1.54, 1.807) is 30.3 Å². The fraction of sp³-hybridized carbons (Fsp3) is 0. The molecule has 0 aliphatic carbocycles. The summed E-state index contributed by atoms with van der Waals surface area (Å²) in [5.41, 5.74) is 8.38. The lowest BCUT2D eigenvalue weighted by atomic mass is 10.1. The first-order valence-corrected chi connectivity index (χ1v) is 9.69. The van der Waals surface area contributed by atoms with Crippen molar-refractivity contribution in [2.24, 2.45) is 0 Å². The van der Waals surface area contributed by atoms with Gasteiger partial charge in [0.15, 0.2) is 11.6 Å². The molecule has 3 aromatic carbocycles. The van der Waals surface area contributed by atoms with Gasteiger partial charge in [-0.15, -0.1) is 0 Å². The fourth-order valence-corrected chi connectivity index (χ4v) is 3.41. The third-order valence-corrected chi connectivity index (χ3v) is 5.03. The smallest absolute Gasteiger partial charge is 0.214 e. The lowest BCUT2D eigenvalue weighted by Gasteiger charge is -2.08. The summed E-state index contributed by atoms with van der Waals surface area (Å²) < 4.78 is 33.4. The molecule has 5 rings (SSSR count). The molecular weight excluding hydrogens is 414 g/mol. The molecule has 0 amide bonds. The molecule has 32 heavy (non-hydrogen) atoms. The van der Waals surface area contributed by atoms with Gasteiger partial charge in [-0.1, -0.05) is 18.2 Å². The molecule has 8 heteroatoms. The van der Waals surface area contributed by atoms with Gasteiger partial charge < -0.3 is 15.5 Å². The van der Waals surface area contributed by atoms with E-state index < -0.39 is 11.6 Å². The van der Waals surface area contributed by atoms with E-state index in [1.807, 2.05) is 24.3 Å². The van der Waals surface area contributed by atoms with Gasteiger partial charge in [0.2, 0.25) is 5.78 Å². The molecule has 158 valence electrons. The summed E-state index contributed by atoms with van der Waals surface area (Å²) >= 11 is 0. The number of aromatic nitrogens is 3. The lowest BCUT2D eigenvalue weighted by Crippen LogP contribution is -2.07. The van der Waals surface area contributed by atoms with E-state index in [0.29, 0.717) is 17.1 Å². The molecule has 5 aromatic rings. The maximum atomic E-state index is 13.4. The Morgan fingerprint density at radius 2 is 1.69 bits per heavy atom. The molecule has 0 aliphatic heterocycles. The van der Waals surface area contributed by atoms with Crippen LogP contribution in [0.3, 0.4) is 0 Å². The van der Waals surface area contributed by atoms with Crippen molar-refractivity contribution in [2.75, 3.05) is 5.73 Å². The van der Waals surface area contributed by atoms with Crippen molar-refractivity contribution < 1.29 is 18.3 Å². The minimum atomic E-state index is -0.990. The number of carbonyl (C=O) groups is 1. The zero-order chi connectivity index (χ0) is 22.2. The molecule has 0 unspecified atom stereocenters. The number of rotatable bonds is 5. The Morgan fingerprint density at radius 1 is 0.938 bits per heavy atom. The van der Waals surface area contributed by atoms with Crippen LogP contribution in [0.5, 0.6) is 11.5 Å². The lowest BCUT2D eigenvalue weighted by molar-refractivity contribution is 0.103. The Bertz CT molecular complexity index is 1420. The molecule has 3 N–H and O–H groups in total. The summed E-state index contributed by atoms with van der Waals surface area (Å²) in [4.78, 5) is 16.0. The number of anilines is 1. The number of benzene rings is 3. The molecule has 0 saturated carbocycles. The minimum absolute atomic E-state index is 0.168. The maximum Gasteiger partial charge on any atom is 0.214 e. The summed E-state index contributed by atoms with van der Waals surface area (Å²) in [6.07, 6.45) is 1.43. The van der Waals surface area contributed by atoms with Gasteiger partial charge in [0.05, 0.1) is 23.1 Å². The van der Waals surface area contributed by atoms with Crippen molar-refractivity contribution in [1.82, 2.24) is 14.8 Å². The number of ketones is 1. The van der Waals surface area contributed by atoms with Crippen LogP contribution in [0.2, 0.25) is 0 Å². The number of nitrogens with one attached hydrogen (secondary N) is 1. The van der Waals surface area contributed by atoms with Crippen LogP contribution in [0.4, 0.5) is 14.6 Å².